The maximum atomic E-state index is 11.6. The number of benzene rings is 1. The van der Waals surface area contributed by atoms with Gasteiger partial charge in [-0.3, -0.25) is 9.69 Å². The summed E-state index contributed by atoms with van der Waals surface area (Å²) in [5.41, 5.74) is 1.07. The monoisotopic (exact) mass is 363 g/mol. The number of carboxylic acids is 1. The van der Waals surface area contributed by atoms with Crippen LogP contribution in [0.2, 0.25) is 0 Å². The number of aliphatic carboxylic acids is 1. The second kappa shape index (κ2) is 7.75. The molecule has 0 heterocycles. The van der Waals surface area contributed by atoms with E-state index in [2.05, 4.69) is 15.9 Å². The largest absolute Gasteiger partial charge is 0.480 e. The molecule has 7 heteroatoms. The molecule has 0 aliphatic rings. The first kappa shape index (κ1) is 17.1. The van der Waals surface area contributed by atoms with Crippen LogP contribution in [0.3, 0.4) is 0 Å². The zero-order valence-corrected chi connectivity index (χ0v) is 13.7. The molecule has 1 aromatic rings. The van der Waals surface area contributed by atoms with Gasteiger partial charge in [-0.2, -0.15) is 0 Å². The minimum absolute atomic E-state index is 0.141. The van der Waals surface area contributed by atoms with E-state index < -0.39 is 21.6 Å². The molecule has 0 aliphatic carbocycles. The molecule has 0 amide bonds. The molecule has 0 saturated carbocycles. The van der Waals surface area contributed by atoms with Gasteiger partial charge in [0.15, 0.2) is 9.84 Å². The van der Waals surface area contributed by atoms with Crippen molar-refractivity contribution in [3.05, 3.63) is 34.3 Å². The van der Waals surface area contributed by atoms with E-state index in [4.69, 9.17) is 5.11 Å². The Morgan fingerprint density at radius 1 is 1.35 bits per heavy atom. The fourth-order valence-corrected chi connectivity index (χ4v) is 3.21. The maximum absolute atomic E-state index is 11.6. The van der Waals surface area contributed by atoms with Crippen LogP contribution < -0.4 is 0 Å². The van der Waals surface area contributed by atoms with E-state index in [9.17, 15) is 13.2 Å². The maximum Gasteiger partial charge on any atom is 0.318 e. The highest BCUT2D eigenvalue weighted by atomic mass is 79.9. The molecule has 1 rings (SSSR count). The average Bonchev–Trinajstić information content (AvgIpc) is 2.35. The van der Waals surface area contributed by atoms with Crippen LogP contribution in [-0.4, -0.2) is 49.0 Å². The summed E-state index contributed by atoms with van der Waals surface area (Å²) in [6, 6.07) is 7.75. The van der Waals surface area contributed by atoms with E-state index in [1.54, 1.807) is 0 Å². The van der Waals surface area contributed by atoms with Gasteiger partial charge in [-0.05, 0) is 18.2 Å². The standard InChI is InChI=1S/C13H18BrNO4S/c1-2-15(7-8-20(18,19)10-13(16)17)9-11-5-3-4-6-12(11)14/h3-6H,2,7-10H2,1H3,(H,16,17). The zero-order valence-electron chi connectivity index (χ0n) is 11.3. The minimum Gasteiger partial charge on any atom is -0.480 e. The molecule has 0 saturated heterocycles. The van der Waals surface area contributed by atoms with Gasteiger partial charge in [0.05, 0.1) is 5.75 Å². The fraction of sp³-hybridized carbons (Fsp3) is 0.462. The third-order valence-electron chi connectivity index (χ3n) is 2.86. The first-order valence-electron chi connectivity index (χ1n) is 6.22. The summed E-state index contributed by atoms with van der Waals surface area (Å²) in [5.74, 6) is -2.25. The van der Waals surface area contributed by atoms with Crippen LogP contribution in [0.25, 0.3) is 0 Å². The van der Waals surface area contributed by atoms with Gasteiger partial charge in [0.2, 0.25) is 0 Å². The summed E-state index contributed by atoms with van der Waals surface area (Å²) in [7, 11) is -3.54. The van der Waals surface area contributed by atoms with E-state index in [-0.39, 0.29) is 5.75 Å². The van der Waals surface area contributed by atoms with Crippen LogP contribution in [0.4, 0.5) is 0 Å². The predicted octanol–water partition coefficient (Wildman–Crippen LogP) is 1.77. The lowest BCUT2D eigenvalue weighted by atomic mass is 10.2. The molecule has 1 N–H and O–H groups in total. The molecule has 0 aliphatic heterocycles. The summed E-state index contributed by atoms with van der Waals surface area (Å²) in [4.78, 5) is 12.4. The van der Waals surface area contributed by atoms with Crippen molar-refractivity contribution in [1.29, 1.82) is 0 Å². The van der Waals surface area contributed by atoms with Crippen molar-refractivity contribution in [3.63, 3.8) is 0 Å². The van der Waals surface area contributed by atoms with Gasteiger partial charge >= 0.3 is 5.97 Å². The fourth-order valence-electron chi connectivity index (χ4n) is 1.74. The van der Waals surface area contributed by atoms with Gasteiger partial charge in [0, 0.05) is 17.6 Å². The minimum atomic E-state index is -3.54. The quantitative estimate of drug-likeness (QED) is 0.761. The Hall–Kier alpha value is -0.920. The van der Waals surface area contributed by atoms with Crippen LogP contribution in [-0.2, 0) is 21.2 Å². The third kappa shape index (κ3) is 6.02. The third-order valence-corrected chi connectivity index (χ3v) is 5.13. The van der Waals surface area contributed by atoms with Crippen LogP contribution in [0.5, 0.6) is 0 Å². The first-order chi connectivity index (χ1) is 9.34. The second-order valence-electron chi connectivity index (χ2n) is 4.45. The molecule has 112 valence electrons. The number of carboxylic acid groups (broad SMARTS) is 1. The topological polar surface area (TPSA) is 74.7 Å². The Balaban J connectivity index is 2.61. The SMILES string of the molecule is CCN(CCS(=O)(=O)CC(=O)O)Cc1ccccc1Br. The molecular weight excluding hydrogens is 346 g/mol. The normalized spacial score (nSPS) is 11.8. The summed E-state index contributed by atoms with van der Waals surface area (Å²) >= 11 is 3.45. The van der Waals surface area contributed by atoms with Crippen molar-refractivity contribution in [2.45, 2.75) is 13.5 Å². The lowest BCUT2D eigenvalue weighted by molar-refractivity contribution is -0.134. The van der Waals surface area contributed by atoms with Gasteiger partial charge in [0.1, 0.15) is 5.75 Å². The van der Waals surface area contributed by atoms with Crippen LogP contribution in [0, 0.1) is 0 Å². The molecule has 0 bridgehead atoms. The van der Waals surface area contributed by atoms with Crippen LogP contribution in [0.15, 0.2) is 28.7 Å². The summed E-state index contributed by atoms with van der Waals surface area (Å²) in [5, 5.41) is 8.54. The van der Waals surface area contributed by atoms with E-state index in [1.165, 1.54) is 0 Å². The van der Waals surface area contributed by atoms with Crippen molar-refractivity contribution in [2.75, 3.05) is 24.6 Å². The molecule has 5 nitrogen and oxygen atoms in total. The molecule has 20 heavy (non-hydrogen) atoms. The lowest BCUT2D eigenvalue weighted by Crippen LogP contribution is -2.31. The molecule has 1 aromatic carbocycles. The van der Waals surface area contributed by atoms with Crippen LogP contribution >= 0.6 is 15.9 Å². The van der Waals surface area contributed by atoms with E-state index in [0.717, 1.165) is 10.0 Å². The molecule has 0 unspecified atom stereocenters. The van der Waals surface area contributed by atoms with E-state index in [1.807, 2.05) is 36.1 Å². The van der Waals surface area contributed by atoms with E-state index in [0.29, 0.717) is 19.6 Å². The van der Waals surface area contributed by atoms with Crippen molar-refractivity contribution < 1.29 is 18.3 Å². The highest BCUT2D eigenvalue weighted by molar-refractivity contribution is 9.10. The Labute approximate surface area is 127 Å². The smallest absolute Gasteiger partial charge is 0.318 e. The molecule has 0 aromatic heterocycles. The Kier molecular flexibility index (Phi) is 6.64. The number of hydrogen-bond acceptors (Lipinski definition) is 4. The van der Waals surface area contributed by atoms with Crippen molar-refractivity contribution in [3.8, 4) is 0 Å². The first-order valence-corrected chi connectivity index (χ1v) is 8.83. The predicted molar refractivity (Wildman–Crippen MR) is 81.4 cm³/mol. The Morgan fingerprint density at radius 3 is 2.55 bits per heavy atom. The number of nitrogens with zero attached hydrogens (tertiary/aromatic N) is 1. The molecule has 0 spiro atoms. The lowest BCUT2D eigenvalue weighted by Gasteiger charge is -2.20. The van der Waals surface area contributed by atoms with Gasteiger partial charge in [-0.15, -0.1) is 0 Å². The van der Waals surface area contributed by atoms with Crippen molar-refractivity contribution >= 4 is 31.7 Å². The van der Waals surface area contributed by atoms with Crippen molar-refractivity contribution in [2.24, 2.45) is 0 Å². The highest BCUT2D eigenvalue weighted by Gasteiger charge is 2.17. The van der Waals surface area contributed by atoms with Gasteiger partial charge in [-0.1, -0.05) is 41.1 Å². The summed E-state index contributed by atoms with van der Waals surface area (Å²) in [6.07, 6.45) is 0. The van der Waals surface area contributed by atoms with Gasteiger partial charge in [0.25, 0.3) is 0 Å². The van der Waals surface area contributed by atoms with Crippen molar-refractivity contribution in [1.82, 2.24) is 4.90 Å². The summed E-state index contributed by atoms with van der Waals surface area (Å²) < 4.78 is 24.1. The molecule has 0 fully saturated rings. The van der Waals surface area contributed by atoms with Crippen LogP contribution in [0.1, 0.15) is 12.5 Å². The average molecular weight is 364 g/mol. The number of halogens is 1. The molecule has 0 radical (unpaired) electrons. The highest BCUT2D eigenvalue weighted by Crippen LogP contribution is 2.17. The second-order valence-corrected chi connectivity index (χ2v) is 7.48. The summed E-state index contributed by atoms with van der Waals surface area (Å²) in [6.45, 7) is 3.60. The number of sulfone groups is 1. The van der Waals surface area contributed by atoms with Gasteiger partial charge < -0.3 is 5.11 Å². The van der Waals surface area contributed by atoms with Gasteiger partial charge in [-0.25, -0.2) is 8.42 Å². The zero-order chi connectivity index (χ0) is 15.2. The number of carbonyl (C=O) groups is 1. The molecular formula is C13H18BrNO4S. The Bertz CT molecular complexity index is 559. The number of rotatable bonds is 8. The molecule has 0 atom stereocenters. The number of hydrogen-bond donors (Lipinski definition) is 1. The Morgan fingerprint density at radius 2 is 2.00 bits per heavy atom. The van der Waals surface area contributed by atoms with E-state index >= 15 is 0 Å².